The highest BCUT2D eigenvalue weighted by molar-refractivity contribution is 7.90. The van der Waals surface area contributed by atoms with Gasteiger partial charge in [-0.05, 0) is 30.9 Å². The summed E-state index contributed by atoms with van der Waals surface area (Å²) in [5.41, 5.74) is 0.381. The van der Waals surface area contributed by atoms with Crippen molar-refractivity contribution in [1.82, 2.24) is 14.3 Å². The number of carbonyl (C=O) groups excluding carboxylic acids is 1. The Morgan fingerprint density at radius 2 is 2.10 bits per heavy atom. The van der Waals surface area contributed by atoms with Crippen LogP contribution in [0.4, 0.5) is 14.5 Å². The minimum atomic E-state index is -3.33. The third kappa shape index (κ3) is 4.40. The van der Waals surface area contributed by atoms with Crippen LogP contribution in [0.3, 0.4) is 0 Å². The smallest absolute Gasteiger partial charge is 0.280 e. The van der Waals surface area contributed by atoms with E-state index in [9.17, 15) is 17.8 Å². The van der Waals surface area contributed by atoms with Crippen molar-refractivity contribution in [2.75, 3.05) is 5.32 Å². The monoisotopic (exact) mass is 449 g/mol. The molecular formula is C21H25F2N5O2S. The third-order valence-electron chi connectivity index (χ3n) is 5.90. The normalized spacial score (nSPS) is 24.1. The van der Waals surface area contributed by atoms with Crippen LogP contribution in [-0.2, 0) is 17.0 Å². The lowest BCUT2D eigenvalue weighted by Crippen LogP contribution is -2.38. The fourth-order valence-electron chi connectivity index (χ4n) is 4.37. The summed E-state index contributed by atoms with van der Waals surface area (Å²) < 4.78 is 52.1. The number of aromatic nitrogens is 2. The standard InChI is InChI=1S/C21H25F2N5O2S/c1-28-12-18-15(7-8-16(27-31(18,24)30)13-5-3-2-4-6-13)19(28)21(29)26-14-9-10-25-17(11-14)20(22)23/h7-13,16,20H,2-6H2,1H3,(H2,24,27,30)(H,25,26,29). The van der Waals surface area contributed by atoms with Crippen molar-refractivity contribution in [3.63, 3.8) is 0 Å². The number of anilines is 1. The summed E-state index contributed by atoms with van der Waals surface area (Å²) in [5, 5.41) is 2.61. The molecule has 31 heavy (non-hydrogen) atoms. The Balaban J connectivity index is 1.66. The van der Waals surface area contributed by atoms with Gasteiger partial charge in [-0.25, -0.2) is 22.5 Å². The molecule has 1 amide bonds. The van der Waals surface area contributed by atoms with Gasteiger partial charge in [0.2, 0.25) is 0 Å². The van der Waals surface area contributed by atoms with Crippen molar-refractivity contribution < 1.29 is 17.8 Å². The molecule has 2 aromatic heterocycles. The number of carbonyl (C=O) groups is 1. The Bertz CT molecular complexity index is 1120. The summed E-state index contributed by atoms with van der Waals surface area (Å²) in [7, 11) is -1.70. The molecule has 2 unspecified atom stereocenters. The molecule has 0 aromatic carbocycles. The van der Waals surface area contributed by atoms with E-state index in [1.165, 1.54) is 29.4 Å². The molecule has 3 heterocycles. The van der Waals surface area contributed by atoms with Crippen molar-refractivity contribution >= 4 is 27.6 Å². The SMILES string of the molecule is Cn1cc2c(c1C(=O)Nc1ccnc(C(F)F)c1)C=CC(C1CCCCC1)NS2(=N)=O. The van der Waals surface area contributed by atoms with Gasteiger partial charge >= 0.3 is 0 Å². The van der Waals surface area contributed by atoms with Crippen molar-refractivity contribution in [3.8, 4) is 0 Å². The van der Waals surface area contributed by atoms with E-state index in [0.717, 1.165) is 31.7 Å². The van der Waals surface area contributed by atoms with E-state index >= 15 is 0 Å². The first-order valence-corrected chi connectivity index (χ1v) is 11.8. The molecule has 0 spiro atoms. The number of aryl methyl sites for hydroxylation is 1. The zero-order valence-electron chi connectivity index (χ0n) is 17.1. The second kappa shape index (κ2) is 8.51. The first-order chi connectivity index (χ1) is 14.8. The van der Waals surface area contributed by atoms with Crippen molar-refractivity contribution in [2.24, 2.45) is 13.0 Å². The average molecular weight is 450 g/mol. The molecule has 10 heteroatoms. The molecule has 3 N–H and O–H groups in total. The first kappa shape index (κ1) is 21.6. The lowest BCUT2D eigenvalue weighted by molar-refractivity contribution is 0.101. The molecule has 0 bridgehead atoms. The number of pyridine rings is 1. The number of nitrogens with one attached hydrogen (secondary N) is 3. The molecule has 2 aliphatic rings. The molecule has 0 saturated heterocycles. The van der Waals surface area contributed by atoms with E-state index in [0.29, 0.717) is 11.5 Å². The van der Waals surface area contributed by atoms with Gasteiger partial charge in [-0.1, -0.05) is 31.4 Å². The van der Waals surface area contributed by atoms with Crippen LogP contribution in [0.25, 0.3) is 6.08 Å². The molecule has 7 nitrogen and oxygen atoms in total. The molecule has 4 rings (SSSR count). The second-order valence-corrected chi connectivity index (χ2v) is 9.84. The van der Waals surface area contributed by atoms with E-state index in [2.05, 4.69) is 15.0 Å². The molecule has 2 atom stereocenters. The summed E-state index contributed by atoms with van der Waals surface area (Å²) in [6.45, 7) is 0. The van der Waals surface area contributed by atoms with Crippen LogP contribution >= 0.6 is 0 Å². The quantitative estimate of drug-likeness (QED) is 0.641. The van der Waals surface area contributed by atoms with Crippen LogP contribution in [0.1, 0.15) is 60.3 Å². The highest BCUT2D eigenvalue weighted by atomic mass is 32.2. The van der Waals surface area contributed by atoms with Gasteiger partial charge in [0, 0.05) is 36.7 Å². The first-order valence-electron chi connectivity index (χ1n) is 10.3. The van der Waals surface area contributed by atoms with Crippen molar-refractivity contribution in [1.29, 1.82) is 4.78 Å². The summed E-state index contributed by atoms with van der Waals surface area (Å²) in [5.74, 6) is -0.234. The number of halogens is 2. The van der Waals surface area contributed by atoms with Crippen LogP contribution in [0.15, 0.2) is 35.5 Å². The maximum atomic E-state index is 13.2. The predicted octanol–water partition coefficient (Wildman–Crippen LogP) is 4.50. The van der Waals surface area contributed by atoms with Gasteiger partial charge in [-0.15, -0.1) is 0 Å². The topological polar surface area (TPSA) is 99.9 Å². The zero-order valence-corrected chi connectivity index (χ0v) is 17.9. The van der Waals surface area contributed by atoms with E-state index in [4.69, 9.17) is 4.78 Å². The maximum Gasteiger partial charge on any atom is 0.280 e. The van der Waals surface area contributed by atoms with E-state index in [1.54, 1.807) is 13.1 Å². The average Bonchev–Trinajstić information content (AvgIpc) is 3.02. The number of nitrogens with zero attached hydrogens (tertiary/aromatic N) is 2. The van der Waals surface area contributed by atoms with Crippen LogP contribution in [-0.4, -0.2) is 25.7 Å². The lowest BCUT2D eigenvalue weighted by Gasteiger charge is -2.28. The molecule has 0 radical (unpaired) electrons. The molecule has 1 fully saturated rings. The zero-order chi connectivity index (χ0) is 22.2. The molecule has 1 aliphatic carbocycles. The van der Waals surface area contributed by atoms with Crippen molar-refractivity contribution in [2.45, 2.75) is 49.5 Å². The molecular weight excluding hydrogens is 424 g/mol. The lowest BCUT2D eigenvalue weighted by atomic mass is 9.84. The number of fused-ring (bicyclic) bond motifs is 1. The maximum absolute atomic E-state index is 13.2. The summed E-state index contributed by atoms with van der Waals surface area (Å²) >= 11 is 0. The minimum absolute atomic E-state index is 0.188. The van der Waals surface area contributed by atoms with Gasteiger partial charge in [0.05, 0.1) is 4.90 Å². The fourth-order valence-corrected chi connectivity index (χ4v) is 5.93. The minimum Gasteiger partial charge on any atom is -0.345 e. The van der Waals surface area contributed by atoms with Gasteiger partial charge in [0.1, 0.15) is 21.3 Å². The predicted molar refractivity (Wildman–Crippen MR) is 114 cm³/mol. The summed E-state index contributed by atoms with van der Waals surface area (Å²) in [4.78, 5) is 16.8. The van der Waals surface area contributed by atoms with Crippen LogP contribution in [0.2, 0.25) is 0 Å². The Kier molecular flexibility index (Phi) is 5.94. The largest absolute Gasteiger partial charge is 0.345 e. The molecule has 1 aliphatic heterocycles. The van der Waals surface area contributed by atoms with Crippen LogP contribution in [0.5, 0.6) is 0 Å². The second-order valence-electron chi connectivity index (χ2n) is 8.05. The number of amides is 1. The van der Waals surface area contributed by atoms with Crippen LogP contribution < -0.4 is 10.0 Å². The Morgan fingerprint density at radius 3 is 2.81 bits per heavy atom. The van der Waals surface area contributed by atoms with Crippen LogP contribution in [0, 0.1) is 10.7 Å². The fraction of sp³-hybridized carbons (Fsp3) is 0.429. The van der Waals surface area contributed by atoms with Gasteiger partial charge in [-0.2, -0.15) is 0 Å². The Morgan fingerprint density at radius 1 is 1.35 bits per heavy atom. The highest BCUT2D eigenvalue weighted by Gasteiger charge is 2.31. The Labute approximate surface area is 180 Å². The van der Waals surface area contributed by atoms with Gasteiger partial charge < -0.3 is 9.88 Å². The molecule has 166 valence electrons. The molecule has 1 saturated carbocycles. The highest BCUT2D eigenvalue weighted by Crippen LogP contribution is 2.33. The number of rotatable bonds is 4. The van der Waals surface area contributed by atoms with E-state index in [-0.39, 0.29) is 22.3 Å². The summed E-state index contributed by atoms with van der Waals surface area (Å²) in [6, 6.07) is 2.34. The summed E-state index contributed by atoms with van der Waals surface area (Å²) in [6.07, 6.45) is 9.08. The molecule has 2 aromatic rings. The van der Waals surface area contributed by atoms with Gasteiger partial charge in [-0.3, -0.25) is 9.78 Å². The van der Waals surface area contributed by atoms with Gasteiger partial charge in [0.15, 0.2) is 0 Å². The Hall–Kier alpha value is -2.59. The van der Waals surface area contributed by atoms with Crippen molar-refractivity contribution in [3.05, 3.63) is 47.6 Å². The van der Waals surface area contributed by atoms with Gasteiger partial charge in [0.25, 0.3) is 12.3 Å². The van der Waals surface area contributed by atoms with E-state index < -0.39 is 27.9 Å². The number of hydrogen-bond donors (Lipinski definition) is 3. The third-order valence-corrected chi connectivity index (χ3v) is 7.45. The number of hydrogen-bond acceptors (Lipinski definition) is 4. The van der Waals surface area contributed by atoms with E-state index in [1.807, 2.05) is 6.08 Å². The number of alkyl halides is 2.